The van der Waals surface area contributed by atoms with Crippen LogP contribution in [0.4, 0.5) is 0 Å². The number of ether oxygens (including phenoxy) is 1. The molecule has 61 heavy (non-hydrogen) atoms. The molecule has 0 heterocycles. The van der Waals surface area contributed by atoms with Crippen LogP contribution in [0.15, 0.2) is 60.8 Å². The van der Waals surface area contributed by atoms with Crippen LogP contribution in [0, 0.1) is 0 Å². The smallest absolute Gasteiger partial charge is 0.306 e. The number of carbonyl (C=O) groups excluding carboxylic acids is 2. The molecule has 0 aliphatic heterocycles. The van der Waals surface area contributed by atoms with Crippen molar-refractivity contribution in [2.75, 3.05) is 6.61 Å². The minimum absolute atomic E-state index is 0.0475. The van der Waals surface area contributed by atoms with E-state index in [-0.39, 0.29) is 24.9 Å². The minimum Gasteiger partial charge on any atom is -0.462 e. The summed E-state index contributed by atoms with van der Waals surface area (Å²) in [6.45, 7) is 6.41. The Morgan fingerprint density at radius 3 is 1.31 bits per heavy atom. The third-order valence-electron chi connectivity index (χ3n) is 11.6. The predicted octanol–water partition coefficient (Wildman–Crippen LogP) is 15.6. The second-order valence-corrected chi connectivity index (χ2v) is 17.6. The highest BCUT2D eigenvalue weighted by Crippen LogP contribution is 2.17. The number of aliphatic hydroxyl groups is 2. The third kappa shape index (κ3) is 44.0. The van der Waals surface area contributed by atoms with E-state index in [9.17, 15) is 19.8 Å². The average Bonchev–Trinajstić information content (AvgIpc) is 3.25. The van der Waals surface area contributed by atoms with Crippen molar-refractivity contribution >= 4 is 11.9 Å². The molecule has 3 unspecified atom stereocenters. The Kier molecular flexibility index (Phi) is 46.6. The molecule has 354 valence electrons. The van der Waals surface area contributed by atoms with Gasteiger partial charge in [-0.25, -0.2) is 0 Å². The largest absolute Gasteiger partial charge is 0.462 e. The van der Waals surface area contributed by atoms with Crippen molar-refractivity contribution in [1.82, 2.24) is 5.32 Å². The molecule has 0 saturated heterocycles. The molecule has 0 aliphatic carbocycles. The van der Waals surface area contributed by atoms with Crippen LogP contribution in [0.5, 0.6) is 0 Å². The number of esters is 1. The standard InChI is InChI=1S/C55H99NO5/c1-4-7-10-13-16-19-22-24-26-27-29-31-33-36-39-42-45-48-55(60)61-51(46-43-40-37-34-32-30-28-25-23-20-17-14-11-8-5-2)49-54(59)56-52(50-57)53(58)47-44-41-38-35-21-18-15-12-9-6-3/h16-17,19-20,24-26,28,32,34,51-53,57-58H,4-15,18,21-23,27,29-31,33,35-50H2,1-3H3,(H,56,59)/b19-16-,20-17-,26-24-,28-25-,34-32-. The van der Waals surface area contributed by atoms with E-state index in [0.717, 1.165) is 83.5 Å². The van der Waals surface area contributed by atoms with E-state index in [2.05, 4.69) is 86.8 Å². The van der Waals surface area contributed by atoms with Crippen LogP contribution in [-0.4, -0.2) is 46.9 Å². The van der Waals surface area contributed by atoms with Gasteiger partial charge in [0.15, 0.2) is 0 Å². The van der Waals surface area contributed by atoms with Gasteiger partial charge in [-0.3, -0.25) is 9.59 Å². The molecule has 0 aromatic heterocycles. The Balaban J connectivity index is 4.65. The summed E-state index contributed by atoms with van der Waals surface area (Å²) in [4.78, 5) is 26.1. The first-order valence-corrected chi connectivity index (χ1v) is 26.0. The first-order valence-electron chi connectivity index (χ1n) is 26.0. The SMILES string of the molecule is CCCCC/C=C\C/C=C\C/C=C\CCCCC(CC(=O)NC(CO)C(O)CCCCCCCCCCCC)OC(=O)CCCCCCCCC/C=C\C/C=C\CCCCC. The van der Waals surface area contributed by atoms with Crippen molar-refractivity contribution in [3.05, 3.63) is 60.8 Å². The normalized spacial score (nSPS) is 13.7. The molecule has 0 bridgehead atoms. The Hall–Kier alpha value is -2.44. The van der Waals surface area contributed by atoms with Gasteiger partial charge in [0.05, 0.1) is 25.2 Å². The van der Waals surface area contributed by atoms with Crippen LogP contribution in [0.3, 0.4) is 0 Å². The molecule has 6 heteroatoms. The number of rotatable bonds is 46. The van der Waals surface area contributed by atoms with E-state index < -0.39 is 18.2 Å². The molecule has 3 atom stereocenters. The van der Waals surface area contributed by atoms with Gasteiger partial charge in [-0.1, -0.05) is 204 Å². The van der Waals surface area contributed by atoms with Gasteiger partial charge in [-0.15, -0.1) is 0 Å². The first-order chi connectivity index (χ1) is 30.0. The van der Waals surface area contributed by atoms with Crippen LogP contribution >= 0.6 is 0 Å². The number of hydrogen-bond acceptors (Lipinski definition) is 5. The lowest BCUT2D eigenvalue weighted by atomic mass is 10.0. The van der Waals surface area contributed by atoms with Crippen LogP contribution in [0.25, 0.3) is 0 Å². The van der Waals surface area contributed by atoms with Crippen molar-refractivity contribution in [2.45, 2.75) is 270 Å². The number of allylic oxidation sites excluding steroid dienone is 10. The lowest BCUT2D eigenvalue weighted by Crippen LogP contribution is -2.46. The fourth-order valence-electron chi connectivity index (χ4n) is 7.58. The number of nitrogens with one attached hydrogen (secondary N) is 1. The zero-order valence-electron chi connectivity index (χ0n) is 40.3. The van der Waals surface area contributed by atoms with Gasteiger partial charge < -0.3 is 20.3 Å². The highest BCUT2D eigenvalue weighted by molar-refractivity contribution is 5.77. The molecule has 0 aliphatic rings. The van der Waals surface area contributed by atoms with Crippen molar-refractivity contribution in [3.8, 4) is 0 Å². The van der Waals surface area contributed by atoms with Gasteiger partial charge >= 0.3 is 5.97 Å². The molecule has 6 nitrogen and oxygen atoms in total. The minimum atomic E-state index is -0.799. The molecule has 0 radical (unpaired) electrons. The van der Waals surface area contributed by atoms with Crippen molar-refractivity contribution in [3.63, 3.8) is 0 Å². The molecule has 0 aromatic carbocycles. The maximum atomic E-state index is 13.2. The molecule has 1 amide bonds. The Labute approximate surface area is 378 Å². The van der Waals surface area contributed by atoms with Crippen LogP contribution in [0.1, 0.15) is 252 Å². The molecule has 0 fully saturated rings. The number of unbranched alkanes of at least 4 members (excludes halogenated alkanes) is 24. The van der Waals surface area contributed by atoms with E-state index in [1.165, 1.54) is 122 Å². The van der Waals surface area contributed by atoms with E-state index >= 15 is 0 Å². The van der Waals surface area contributed by atoms with E-state index in [4.69, 9.17) is 4.74 Å². The Morgan fingerprint density at radius 1 is 0.475 bits per heavy atom. The fraction of sp³-hybridized carbons (Fsp3) is 0.782. The van der Waals surface area contributed by atoms with Crippen molar-refractivity contribution in [2.24, 2.45) is 0 Å². The summed E-state index contributed by atoms with van der Waals surface area (Å²) >= 11 is 0. The molecule has 3 N–H and O–H groups in total. The van der Waals surface area contributed by atoms with Crippen LogP contribution in [-0.2, 0) is 14.3 Å². The summed E-state index contributed by atoms with van der Waals surface area (Å²) in [6, 6.07) is -0.716. The summed E-state index contributed by atoms with van der Waals surface area (Å²) in [7, 11) is 0. The quantitative estimate of drug-likeness (QED) is 0.0322. The Bertz CT molecular complexity index is 1090. The second kappa shape index (κ2) is 48.6. The lowest BCUT2D eigenvalue weighted by molar-refractivity contribution is -0.151. The van der Waals surface area contributed by atoms with Gasteiger partial charge in [-0.2, -0.15) is 0 Å². The number of amides is 1. The molecular weight excluding hydrogens is 755 g/mol. The van der Waals surface area contributed by atoms with E-state index in [0.29, 0.717) is 19.3 Å². The number of carbonyl (C=O) groups is 2. The summed E-state index contributed by atoms with van der Waals surface area (Å²) in [5.74, 6) is -0.519. The first kappa shape index (κ1) is 58.6. The van der Waals surface area contributed by atoms with Crippen molar-refractivity contribution < 1.29 is 24.5 Å². The molecular formula is C55H99NO5. The molecule has 0 aromatic rings. The Morgan fingerprint density at radius 2 is 0.836 bits per heavy atom. The summed E-state index contributed by atoms with van der Waals surface area (Å²) in [5.41, 5.74) is 0. The maximum Gasteiger partial charge on any atom is 0.306 e. The zero-order chi connectivity index (χ0) is 44.5. The lowest BCUT2D eigenvalue weighted by Gasteiger charge is -2.24. The third-order valence-corrected chi connectivity index (χ3v) is 11.6. The van der Waals surface area contributed by atoms with Gasteiger partial charge in [0.2, 0.25) is 5.91 Å². The number of hydrogen-bond donors (Lipinski definition) is 3. The fourth-order valence-corrected chi connectivity index (χ4v) is 7.58. The summed E-state index contributed by atoms with van der Waals surface area (Å²) in [5, 5.41) is 23.7. The monoisotopic (exact) mass is 854 g/mol. The van der Waals surface area contributed by atoms with Crippen LogP contribution in [0.2, 0.25) is 0 Å². The zero-order valence-corrected chi connectivity index (χ0v) is 40.3. The van der Waals surface area contributed by atoms with Gasteiger partial charge in [0, 0.05) is 6.42 Å². The van der Waals surface area contributed by atoms with Gasteiger partial charge in [0.25, 0.3) is 0 Å². The van der Waals surface area contributed by atoms with E-state index in [1.807, 2.05) is 0 Å². The van der Waals surface area contributed by atoms with Crippen molar-refractivity contribution in [1.29, 1.82) is 0 Å². The average molecular weight is 854 g/mol. The number of aliphatic hydroxyl groups excluding tert-OH is 2. The predicted molar refractivity (Wildman–Crippen MR) is 264 cm³/mol. The molecule has 0 saturated carbocycles. The second-order valence-electron chi connectivity index (χ2n) is 17.6. The van der Waals surface area contributed by atoms with Gasteiger partial charge in [-0.05, 0) is 96.3 Å². The highest BCUT2D eigenvalue weighted by atomic mass is 16.5. The van der Waals surface area contributed by atoms with E-state index in [1.54, 1.807) is 0 Å². The highest BCUT2D eigenvalue weighted by Gasteiger charge is 2.24. The van der Waals surface area contributed by atoms with Crippen LogP contribution < -0.4 is 5.32 Å². The summed E-state index contributed by atoms with van der Waals surface area (Å²) < 4.78 is 5.92. The van der Waals surface area contributed by atoms with Gasteiger partial charge in [0.1, 0.15) is 6.10 Å². The topological polar surface area (TPSA) is 95.9 Å². The summed E-state index contributed by atoms with van der Waals surface area (Å²) in [6.07, 6.45) is 59.9. The molecule has 0 spiro atoms. The maximum absolute atomic E-state index is 13.2. The molecule has 0 rings (SSSR count).